The molecule has 0 bridgehead atoms. The van der Waals surface area contributed by atoms with E-state index in [2.05, 4.69) is 22.0 Å². The molecule has 0 aliphatic heterocycles. The van der Waals surface area contributed by atoms with Gasteiger partial charge < -0.3 is 0 Å². The van der Waals surface area contributed by atoms with Crippen molar-refractivity contribution in [3.63, 3.8) is 0 Å². The van der Waals surface area contributed by atoms with Gasteiger partial charge in [-0.2, -0.15) is 15.4 Å². The van der Waals surface area contributed by atoms with Gasteiger partial charge in [0, 0.05) is 5.56 Å². The summed E-state index contributed by atoms with van der Waals surface area (Å²) in [5.74, 6) is 0. The monoisotopic (exact) mass is 171 g/mol. The third-order valence-electron chi connectivity index (χ3n) is 1.79. The molecule has 0 unspecified atom stereocenters. The number of aromatic amines is 1. The van der Waals surface area contributed by atoms with E-state index in [9.17, 15) is 0 Å². The highest BCUT2D eigenvalue weighted by Crippen LogP contribution is 2.14. The summed E-state index contributed by atoms with van der Waals surface area (Å²) in [6.45, 7) is 3.61. The molecule has 0 aliphatic carbocycles. The van der Waals surface area contributed by atoms with E-state index < -0.39 is 0 Å². The normalized spacial score (nSPS) is 11.1. The van der Waals surface area contributed by atoms with Crippen LogP contribution >= 0.6 is 0 Å². The van der Waals surface area contributed by atoms with Crippen LogP contribution in [0.3, 0.4) is 0 Å². The van der Waals surface area contributed by atoms with Gasteiger partial charge in [-0.25, -0.2) is 0 Å². The molecule has 3 nitrogen and oxygen atoms in total. The second-order valence-electron chi connectivity index (χ2n) is 2.63. The maximum Gasteiger partial charge on any atom is 0.120 e. The predicted molar refractivity (Wildman–Crippen MR) is 53.1 cm³/mol. The third-order valence-corrected chi connectivity index (χ3v) is 1.79. The Morgan fingerprint density at radius 1 is 1.31 bits per heavy atom. The van der Waals surface area contributed by atoms with Crippen LogP contribution in [0.15, 0.2) is 36.9 Å². The van der Waals surface area contributed by atoms with Crippen LogP contribution in [0.25, 0.3) is 17.1 Å². The maximum atomic E-state index is 4.05. The first kappa shape index (κ1) is 7.73. The number of benzene rings is 1. The molecule has 0 atom stereocenters. The van der Waals surface area contributed by atoms with Crippen LogP contribution in [-0.2, 0) is 0 Å². The van der Waals surface area contributed by atoms with E-state index in [-0.39, 0.29) is 0 Å². The standard InChI is InChI=1S/C10H9N3/c1-2-3-5-8-6-4-7-9-10(8)12-13-11-9/h2-7H,1H2,(H,11,12,13). The van der Waals surface area contributed by atoms with E-state index in [0.717, 1.165) is 16.6 Å². The average molecular weight is 171 g/mol. The largest absolute Gasteiger partial charge is 0.197 e. The molecule has 0 amide bonds. The van der Waals surface area contributed by atoms with Gasteiger partial charge in [0.25, 0.3) is 0 Å². The van der Waals surface area contributed by atoms with Crippen molar-refractivity contribution in [2.45, 2.75) is 0 Å². The molecular weight excluding hydrogens is 162 g/mol. The van der Waals surface area contributed by atoms with Gasteiger partial charge in [-0.15, -0.1) is 0 Å². The first-order valence-corrected chi connectivity index (χ1v) is 4.00. The summed E-state index contributed by atoms with van der Waals surface area (Å²) < 4.78 is 0. The lowest BCUT2D eigenvalue weighted by atomic mass is 10.2. The fraction of sp³-hybridized carbons (Fsp3) is 0. The van der Waals surface area contributed by atoms with E-state index in [4.69, 9.17) is 0 Å². The first-order valence-electron chi connectivity index (χ1n) is 4.00. The highest BCUT2D eigenvalue weighted by Gasteiger charge is 1.99. The van der Waals surface area contributed by atoms with E-state index in [1.165, 1.54) is 0 Å². The molecule has 1 aromatic carbocycles. The minimum absolute atomic E-state index is 0.881. The fourth-order valence-corrected chi connectivity index (χ4v) is 1.20. The molecule has 0 saturated carbocycles. The number of allylic oxidation sites excluding steroid dienone is 2. The second kappa shape index (κ2) is 3.23. The lowest BCUT2D eigenvalue weighted by Crippen LogP contribution is -1.75. The van der Waals surface area contributed by atoms with Gasteiger partial charge in [0.15, 0.2) is 0 Å². The van der Waals surface area contributed by atoms with Gasteiger partial charge in [-0.05, 0) is 6.07 Å². The van der Waals surface area contributed by atoms with Crippen molar-refractivity contribution in [1.82, 2.24) is 15.4 Å². The smallest absolute Gasteiger partial charge is 0.120 e. The number of nitrogens with one attached hydrogen (secondary N) is 1. The zero-order valence-electron chi connectivity index (χ0n) is 7.07. The minimum Gasteiger partial charge on any atom is -0.197 e. The van der Waals surface area contributed by atoms with Crippen molar-refractivity contribution >= 4 is 17.1 Å². The fourth-order valence-electron chi connectivity index (χ4n) is 1.20. The molecule has 2 aromatic rings. The van der Waals surface area contributed by atoms with Crippen LogP contribution in [0.5, 0.6) is 0 Å². The van der Waals surface area contributed by atoms with Gasteiger partial charge in [-0.3, -0.25) is 0 Å². The van der Waals surface area contributed by atoms with E-state index in [1.807, 2.05) is 30.4 Å². The van der Waals surface area contributed by atoms with E-state index in [0.29, 0.717) is 0 Å². The molecule has 1 heterocycles. The van der Waals surface area contributed by atoms with Crippen molar-refractivity contribution in [2.75, 3.05) is 0 Å². The number of fused-ring (bicyclic) bond motifs is 1. The third kappa shape index (κ3) is 1.36. The summed E-state index contributed by atoms with van der Waals surface area (Å²) in [4.78, 5) is 0. The van der Waals surface area contributed by atoms with Crippen LogP contribution in [0.4, 0.5) is 0 Å². The molecule has 1 N–H and O–H groups in total. The molecule has 0 aliphatic rings. The van der Waals surface area contributed by atoms with Crippen LogP contribution in [0.1, 0.15) is 5.56 Å². The Labute approximate surface area is 75.8 Å². The minimum atomic E-state index is 0.881. The number of rotatable bonds is 2. The summed E-state index contributed by atoms with van der Waals surface area (Å²) in [5.41, 5.74) is 2.82. The molecule has 3 heteroatoms. The molecule has 1 aromatic heterocycles. The molecule has 13 heavy (non-hydrogen) atoms. The SMILES string of the molecule is C=CC=Cc1cccc2n[nH]nc12. The Hall–Kier alpha value is -1.90. The first-order chi connectivity index (χ1) is 6.42. The Morgan fingerprint density at radius 3 is 3.08 bits per heavy atom. The Balaban J connectivity index is 2.60. The Morgan fingerprint density at radius 2 is 2.23 bits per heavy atom. The van der Waals surface area contributed by atoms with Gasteiger partial charge in [0.1, 0.15) is 11.0 Å². The number of hydrogen-bond donors (Lipinski definition) is 1. The summed E-state index contributed by atoms with van der Waals surface area (Å²) >= 11 is 0. The number of hydrogen-bond acceptors (Lipinski definition) is 2. The van der Waals surface area contributed by atoms with Crippen LogP contribution < -0.4 is 0 Å². The van der Waals surface area contributed by atoms with E-state index in [1.54, 1.807) is 6.08 Å². The zero-order valence-corrected chi connectivity index (χ0v) is 7.07. The summed E-state index contributed by atoms with van der Waals surface area (Å²) in [5, 5.41) is 10.6. The summed E-state index contributed by atoms with van der Waals surface area (Å²) in [6, 6.07) is 5.86. The molecule has 0 saturated heterocycles. The number of aromatic nitrogens is 3. The van der Waals surface area contributed by atoms with Crippen molar-refractivity contribution in [3.05, 3.63) is 42.5 Å². The van der Waals surface area contributed by atoms with Crippen molar-refractivity contribution in [3.8, 4) is 0 Å². The van der Waals surface area contributed by atoms with Gasteiger partial charge >= 0.3 is 0 Å². The summed E-state index contributed by atoms with van der Waals surface area (Å²) in [6.07, 6.45) is 5.57. The Kier molecular flexibility index (Phi) is 1.92. The predicted octanol–water partition coefficient (Wildman–Crippen LogP) is 2.16. The van der Waals surface area contributed by atoms with Crippen LogP contribution in [0.2, 0.25) is 0 Å². The van der Waals surface area contributed by atoms with Gasteiger partial charge in [0.2, 0.25) is 0 Å². The van der Waals surface area contributed by atoms with Crippen LogP contribution in [-0.4, -0.2) is 15.4 Å². The highest BCUT2D eigenvalue weighted by atomic mass is 15.3. The number of para-hydroxylation sites is 1. The summed E-state index contributed by atoms with van der Waals surface area (Å²) in [7, 11) is 0. The molecule has 64 valence electrons. The molecule has 0 fully saturated rings. The Bertz CT molecular complexity index is 454. The molecule has 0 radical (unpaired) electrons. The van der Waals surface area contributed by atoms with Crippen molar-refractivity contribution < 1.29 is 0 Å². The maximum absolute atomic E-state index is 4.05. The van der Waals surface area contributed by atoms with Crippen molar-refractivity contribution in [2.24, 2.45) is 0 Å². The molecular formula is C10H9N3. The zero-order chi connectivity index (χ0) is 9.10. The molecule has 0 spiro atoms. The van der Waals surface area contributed by atoms with Gasteiger partial charge in [0.05, 0.1) is 0 Å². The number of nitrogens with zero attached hydrogens (tertiary/aromatic N) is 2. The lowest BCUT2D eigenvalue weighted by Gasteiger charge is -1.91. The lowest BCUT2D eigenvalue weighted by molar-refractivity contribution is 0.959. The molecule has 2 rings (SSSR count). The second-order valence-corrected chi connectivity index (χ2v) is 2.63. The van der Waals surface area contributed by atoms with Crippen LogP contribution in [0, 0.1) is 0 Å². The highest BCUT2D eigenvalue weighted by molar-refractivity contribution is 5.83. The quantitative estimate of drug-likeness (QED) is 0.703. The number of H-pyrrole nitrogens is 1. The average Bonchev–Trinajstić information content (AvgIpc) is 2.62. The van der Waals surface area contributed by atoms with Crippen molar-refractivity contribution in [1.29, 1.82) is 0 Å². The van der Waals surface area contributed by atoms with E-state index >= 15 is 0 Å². The topological polar surface area (TPSA) is 41.6 Å². The van der Waals surface area contributed by atoms with Gasteiger partial charge in [-0.1, -0.05) is 36.9 Å².